The molecule has 1 aromatic rings. The average Bonchev–Trinajstić information content (AvgIpc) is 3.14. The van der Waals surface area contributed by atoms with Crippen LogP contribution in [0.25, 0.3) is 0 Å². The topological polar surface area (TPSA) is 51.0 Å². The zero-order valence-corrected chi connectivity index (χ0v) is 13.6. The predicted molar refractivity (Wildman–Crippen MR) is 85.4 cm³/mol. The number of hydrogen-bond donors (Lipinski definition) is 1. The van der Waals surface area contributed by atoms with Gasteiger partial charge in [0.25, 0.3) is 0 Å². The lowest BCUT2D eigenvalue weighted by Gasteiger charge is -2.20. The van der Waals surface area contributed by atoms with Gasteiger partial charge in [0.05, 0.1) is 11.7 Å². The van der Waals surface area contributed by atoms with E-state index in [-0.39, 0.29) is 0 Å². The summed E-state index contributed by atoms with van der Waals surface area (Å²) < 4.78 is 5.49. The Bertz CT molecular complexity index is 420. The highest BCUT2D eigenvalue weighted by Crippen LogP contribution is 2.33. The van der Waals surface area contributed by atoms with Crippen LogP contribution in [0.5, 0.6) is 0 Å². The first kappa shape index (κ1) is 14.7. The Morgan fingerprint density at radius 3 is 2.95 bits per heavy atom. The summed E-state index contributed by atoms with van der Waals surface area (Å²) in [5, 5.41) is 8.33. The van der Waals surface area contributed by atoms with Crippen molar-refractivity contribution in [2.75, 3.05) is 18.6 Å². The van der Waals surface area contributed by atoms with E-state index in [0.717, 1.165) is 34.2 Å². The van der Waals surface area contributed by atoms with Gasteiger partial charge in [-0.05, 0) is 19.9 Å². The van der Waals surface area contributed by atoms with Gasteiger partial charge in [-0.1, -0.05) is 24.4 Å². The van der Waals surface area contributed by atoms with Crippen molar-refractivity contribution in [2.24, 2.45) is 0 Å². The highest BCUT2D eigenvalue weighted by atomic mass is 32.2. The lowest BCUT2D eigenvalue weighted by molar-refractivity contribution is 0.341. The van der Waals surface area contributed by atoms with Crippen LogP contribution in [0.15, 0.2) is 4.52 Å². The molecule has 2 aliphatic rings. The number of nitrogens with one attached hydrogen (secondary N) is 1. The van der Waals surface area contributed by atoms with Crippen LogP contribution in [-0.4, -0.2) is 40.0 Å². The van der Waals surface area contributed by atoms with Crippen LogP contribution in [0.2, 0.25) is 0 Å². The van der Waals surface area contributed by atoms with Gasteiger partial charge in [0.2, 0.25) is 5.89 Å². The van der Waals surface area contributed by atoms with Crippen molar-refractivity contribution >= 4 is 23.5 Å². The van der Waals surface area contributed by atoms with Crippen LogP contribution in [-0.2, 0) is 5.75 Å². The third-order valence-corrected chi connectivity index (χ3v) is 6.81. The SMILES string of the molecule is CNC1CSCC1c1nc(CSC2CCCCC2)no1. The number of likely N-dealkylation sites (N-methyl/N-ethyl adjacent to an activating group) is 1. The van der Waals surface area contributed by atoms with Gasteiger partial charge in [-0.3, -0.25) is 0 Å². The van der Waals surface area contributed by atoms with Crippen molar-refractivity contribution in [3.8, 4) is 0 Å². The molecule has 2 unspecified atom stereocenters. The Kier molecular flexibility index (Phi) is 5.29. The Morgan fingerprint density at radius 1 is 1.30 bits per heavy atom. The summed E-state index contributed by atoms with van der Waals surface area (Å²) in [6.07, 6.45) is 6.90. The van der Waals surface area contributed by atoms with Gasteiger partial charge in [-0.2, -0.15) is 28.5 Å². The third-order valence-electron chi connectivity index (χ3n) is 4.25. The molecule has 3 rings (SSSR count). The fourth-order valence-corrected chi connectivity index (χ4v) is 5.57. The molecule has 0 aromatic carbocycles. The van der Waals surface area contributed by atoms with Crippen LogP contribution >= 0.6 is 23.5 Å². The quantitative estimate of drug-likeness (QED) is 0.901. The van der Waals surface area contributed by atoms with E-state index >= 15 is 0 Å². The molecular weight excluding hydrogens is 290 g/mol. The maximum Gasteiger partial charge on any atom is 0.232 e. The molecule has 1 aromatic heterocycles. The van der Waals surface area contributed by atoms with Crippen LogP contribution in [0, 0.1) is 0 Å². The minimum atomic E-state index is 0.380. The fourth-order valence-electron chi connectivity index (χ4n) is 2.98. The van der Waals surface area contributed by atoms with Gasteiger partial charge in [-0.15, -0.1) is 0 Å². The monoisotopic (exact) mass is 313 g/mol. The molecule has 4 nitrogen and oxygen atoms in total. The Balaban J connectivity index is 1.53. The standard InChI is InChI=1S/C14H23N3OS2/c1-15-12-8-19-7-11(12)14-16-13(17-18-14)9-20-10-5-3-2-4-6-10/h10-12,15H,2-9H2,1H3. The molecule has 112 valence electrons. The maximum atomic E-state index is 5.49. The molecule has 0 bridgehead atoms. The molecule has 1 aliphatic heterocycles. The van der Waals surface area contributed by atoms with Gasteiger partial charge in [0.15, 0.2) is 5.82 Å². The van der Waals surface area contributed by atoms with Gasteiger partial charge in [0, 0.05) is 22.8 Å². The minimum absolute atomic E-state index is 0.380. The van der Waals surface area contributed by atoms with E-state index in [4.69, 9.17) is 4.52 Å². The normalized spacial score (nSPS) is 28.1. The second kappa shape index (κ2) is 7.18. The molecule has 1 aliphatic carbocycles. The zero-order valence-electron chi connectivity index (χ0n) is 12.0. The largest absolute Gasteiger partial charge is 0.339 e. The molecule has 0 radical (unpaired) electrons. The fraction of sp³-hybridized carbons (Fsp3) is 0.857. The third kappa shape index (κ3) is 3.52. The van der Waals surface area contributed by atoms with Crippen LogP contribution in [0.4, 0.5) is 0 Å². The second-order valence-electron chi connectivity index (χ2n) is 5.66. The Labute approximate surface area is 129 Å². The van der Waals surface area contributed by atoms with E-state index in [0.29, 0.717) is 12.0 Å². The molecule has 0 spiro atoms. The van der Waals surface area contributed by atoms with Gasteiger partial charge in [-0.25, -0.2) is 0 Å². The summed E-state index contributed by atoms with van der Waals surface area (Å²) >= 11 is 3.97. The molecule has 1 N–H and O–H groups in total. The lowest BCUT2D eigenvalue weighted by Crippen LogP contribution is -2.31. The smallest absolute Gasteiger partial charge is 0.232 e. The first-order chi connectivity index (χ1) is 9.86. The van der Waals surface area contributed by atoms with E-state index in [1.165, 1.54) is 32.1 Å². The first-order valence-electron chi connectivity index (χ1n) is 7.56. The number of nitrogens with zero attached hydrogens (tertiary/aromatic N) is 2. The molecule has 2 atom stereocenters. The van der Waals surface area contributed by atoms with Crippen LogP contribution in [0.3, 0.4) is 0 Å². The van der Waals surface area contributed by atoms with Crippen molar-refractivity contribution in [3.63, 3.8) is 0 Å². The molecule has 20 heavy (non-hydrogen) atoms. The summed E-state index contributed by atoms with van der Waals surface area (Å²) in [4.78, 5) is 4.62. The van der Waals surface area contributed by atoms with E-state index in [2.05, 4.69) is 15.5 Å². The van der Waals surface area contributed by atoms with E-state index < -0.39 is 0 Å². The minimum Gasteiger partial charge on any atom is -0.339 e. The Morgan fingerprint density at radius 2 is 2.15 bits per heavy atom. The molecule has 1 saturated heterocycles. The predicted octanol–water partition coefficient (Wildman–Crippen LogP) is 3.05. The molecular formula is C14H23N3OS2. The van der Waals surface area contributed by atoms with Gasteiger partial charge < -0.3 is 9.84 Å². The summed E-state index contributed by atoms with van der Waals surface area (Å²) in [6, 6.07) is 0.472. The highest BCUT2D eigenvalue weighted by molar-refractivity contribution is 7.99. The van der Waals surface area contributed by atoms with Crippen molar-refractivity contribution in [3.05, 3.63) is 11.7 Å². The van der Waals surface area contributed by atoms with Crippen molar-refractivity contribution < 1.29 is 4.52 Å². The Hall–Kier alpha value is -0.200. The molecule has 2 fully saturated rings. The van der Waals surface area contributed by atoms with Gasteiger partial charge >= 0.3 is 0 Å². The second-order valence-corrected chi connectivity index (χ2v) is 8.02. The molecule has 6 heteroatoms. The number of aromatic nitrogens is 2. The first-order valence-corrected chi connectivity index (χ1v) is 9.76. The maximum absolute atomic E-state index is 5.49. The summed E-state index contributed by atoms with van der Waals surface area (Å²) in [7, 11) is 2.01. The van der Waals surface area contributed by atoms with E-state index in [1.54, 1.807) is 0 Å². The zero-order chi connectivity index (χ0) is 13.8. The van der Waals surface area contributed by atoms with Crippen molar-refractivity contribution in [1.29, 1.82) is 0 Å². The highest BCUT2D eigenvalue weighted by Gasteiger charge is 2.32. The number of rotatable bonds is 5. The van der Waals surface area contributed by atoms with Gasteiger partial charge in [0.1, 0.15) is 0 Å². The van der Waals surface area contributed by atoms with E-state index in [9.17, 15) is 0 Å². The number of hydrogen-bond acceptors (Lipinski definition) is 6. The van der Waals surface area contributed by atoms with Crippen LogP contribution < -0.4 is 5.32 Å². The summed E-state index contributed by atoms with van der Waals surface area (Å²) in [6.45, 7) is 0. The van der Waals surface area contributed by atoms with E-state index in [1.807, 2.05) is 30.6 Å². The van der Waals surface area contributed by atoms with Crippen LogP contribution in [0.1, 0.15) is 49.7 Å². The summed E-state index contributed by atoms with van der Waals surface area (Å²) in [5.41, 5.74) is 0. The number of thioether (sulfide) groups is 2. The average molecular weight is 313 g/mol. The molecule has 1 saturated carbocycles. The molecule has 2 heterocycles. The summed E-state index contributed by atoms with van der Waals surface area (Å²) in [5.74, 6) is 5.21. The van der Waals surface area contributed by atoms with Crippen molar-refractivity contribution in [1.82, 2.24) is 15.5 Å². The molecule has 0 amide bonds. The lowest BCUT2D eigenvalue weighted by atomic mass is 10.0. The van der Waals surface area contributed by atoms with Crippen molar-refractivity contribution in [2.45, 2.75) is 55.1 Å².